The maximum atomic E-state index is 11.0. The second kappa shape index (κ2) is 9.07. The number of Topliss-reactive ketones (excluding diaryl/α,β-unsaturated/α-hetero) is 1. The molecule has 0 saturated heterocycles. The Morgan fingerprint density at radius 1 is 1.47 bits per heavy atom. The van der Waals surface area contributed by atoms with Crippen LogP contribution in [0.3, 0.4) is 0 Å². The minimum atomic E-state index is -0.475. The van der Waals surface area contributed by atoms with Crippen LogP contribution in [0.2, 0.25) is 0 Å². The van der Waals surface area contributed by atoms with E-state index in [4.69, 9.17) is 11.2 Å². The zero-order valence-corrected chi connectivity index (χ0v) is 9.04. The van der Waals surface area contributed by atoms with Gasteiger partial charge in [0.15, 0.2) is 0 Å². The summed E-state index contributed by atoms with van der Waals surface area (Å²) in [6, 6.07) is 0. The Hall–Kier alpha value is -1.50. The zero-order chi connectivity index (χ0) is 11.5. The lowest BCUT2D eigenvalue weighted by molar-refractivity contribution is -0.118. The number of hydrogen-bond acceptors (Lipinski definition) is 3. The van der Waals surface area contributed by atoms with E-state index >= 15 is 0 Å². The Labute approximate surface area is 90.4 Å². The molecule has 0 aliphatic rings. The van der Waals surface area contributed by atoms with E-state index in [9.17, 15) is 9.59 Å². The molecule has 0 bridgehead atoms. The molecule has 0 aliphatic carbocycles. The summed E-state index contributed by atoms with van der Waals surface area (Å²) in [6.45, 7) is 2.73. The molecule has 1 N–H and O–H groups in total. The third-order valence-corrected chi connectivity index (χ3v) is 1.71. The van der Waals surface area contributed by atoms with Crippen molar-refractivity contribution in [2.75, 3.05) is 13.2 Å². The fourth-order valence-electron chi connectivity index (χ4n) is 0.878. The Balaban J connectivity index is 3.39. The van der Waals surface area contributed by atoms with E-state index < -0.39 is 6.09 Å². The first-order valence-electron chi connectivity index (χ1n) is 5.06. The molecule has 0 rings (SSSR count). The van der Waals surface area contributed by atoms with Gasteiger partial charge in [0, 0.05) is 13.0 Å². The van der Waals surface area contributed by atoms with E-state index in [2.05, 4.69) is 11.2 Å². The average molecular weight is 211 g/mol. The van der Waals surface area contributed by atoms with Crippen molar-refractivity contribution in [3.63, 3.8) is 0 Å². The van der Waals surface area contributed by atoms with E-state index in [-0.39, 0.29) is 25.2 Å². The van der Waals surface area contributed by atoms with Gasteiger partial charge in [0.25, 0.3) is 0 Å². The minimum absolute atomic E-state index is 0.0844. The highest BCUT2D eigenvalue weighted by molar-refractivity contribution is 5.81. The van der Waals surface area contributed by atoms with Crippen LogP contribution >= 0.6 is 0 Å². The van der Waals surface area contributed by atoms with Crippen LogP contribution in [0.4, 0.5) is 4.79 Å². The zero-order valence-electron chi connectivity index (χ0n) is 9.04. The van der Waals surface area contributed by atoms with Gasteiger partial charge in [-0.3, -0.25) is 4.79 Å². The molecule has 1 amide bonds. The summed E-state index contributed by atoms with van der Waals surface area (Å²) in [6.07, 6.45) is 6.70. The molecule has 0 spiro atoms. The third kappa shape index (κ3) is 8.82. The highest BCUT2D eigenvalue weighted by Crippen LogP contribution is 1.91. The van der Waals surface area contributed by atoms with E-state index in [1.165, 1.54) is 0 Å². The van der Waals surface area contributed by atoms with Crippen molar-refractivity contribution in [3.8, 4) is 12.3 Å². The van der Waals surface area contributed by atoms with Crippen LogP contribution < -0.4 is 5.32 Å². The number of unbranched alkanes of at least 4 members (excludes halogenated alkanes) is 1. The van der Waals surface area contributed by atoms with Gasteiger partial charge in [0.05, 0.1) is 6.42 Å². The third-order valence-electron chi connectivity index (χ3n) is 1.71. The number of ketones is 1. The van der Waals surface area contributed by atoms with Crippen LogP contribution in [0.25, 0.3) is 0 Å². The normalized spacial score (nSPS) is 9.07. The molecule has 15 heavy (non-hydrogen) atoms. The molecular weight excluding hydrogens is 194 g/mol. The first-order valence-corrected chi connectivity index (χ1v) is 5.06. The second-order valence-electron chi connectivity index (χ2n) is 3.09. The van der Waals surface area contributed by atoms with Gasteiger partial charge >= 0.3 is 6.09 Å². The number of rotatable bonds is 7. The predicted octanol–water partition coefficient (Wildman–Crippen LogP) is 1.50. The number of alkyl carbamates (subject to hydrolysis) is 1. The van der Waals surface area contributed by atoms with Gasteiger partial charge in [-0.05, 0) is 6.42 Å². The Morgan fingerprint density at radius 2 is 2.20 bits per heavy atom. The Kier molecular flexibility index (Phi) is 8.16. The molecule has 4 nitrogen and oxygen atoms in total. The number of carbonyl (C=O) groups excluding carboxylic acids is 2. The maximum absolute atomic E-state index is 11.0. The topological polar surface area (TPSA) is 55.4 Å². The van der Waals surface area contributed by atoms with Crippen molar-refractivity contribution < 1.29 is 14.3 Å². The van der Waals surface area contributed by atoms with Gasteiger partial charge in [-0.25, -0.2) is 4.79 Å². The monoisotopic (exact) mass is 211 g/mol. The summed E-state index contributed by atoms with van der Waals surface area (Å²) < 4.78 is 4.77. The number of carbonyl (C=O) groups is 2. The fraction of sp³-hybridized carbons (Fsp3) is 0.636. The first kappa shape index (κ1) is 13.5. The molecule has 4 heteroatoms. The minimum Gasteiger partial charge on any atom is -0.449 e. The lowest BCUT2D eigenvalue weighted by Gasteiger charge is -2.05. The molecule has 0 aromatic carbocycles. The Morgan fingerprint density at radius 3 is 2.80 bits per heavy atom. The molecule has 0 aromatic rings. The van der Waals surface area contributed by atoms with Gasteiger partial charge in [-0.15, -0.1) is 6.42 Å². The van der Waals surface area contributed by atoms with Crippen molar-refractivity contribution in [1.29, 1.82) is 0 Å². The summed E-state index contributed by atoms with van der Waals surface area (Å²) in [5.74, 6) is 2.16. The summed E-state index contributed by atoms with van der Waals surface area (Å²) in [5, 5.41) is 2.58. The Bertz CT molecular complexity index is 243. The van der Waals surface area contributed by atoms with Crippen LogP contribution in [-0.2, 0) is 9.53 Å². The van der Waals surface area contributed by atoms with E-state index in [0.717, 1.165) is 12.8 Å². The molecular formula is C11H17NO3. The standard InChI is InChI=1S/C11H17NO3/c1-3-5-8-12-11(14)15-9-7-10(13)6-4-2/h2H,3,5-9H2,1H3,(H,12,14). The second-order valence-corrected chi connectivity index (χ2v) is 3.09. The molecule has 0 heterocycles. The van der Waals surface area contributed by atoms with Crippen LogP contribution in [0.5, 0.6) is 0 Å². The SMILES string of the molecule is C#CCC(=O)CCOC(=O)NCCCC. The van der Waals surface area contributed by atoms with Crippen LogP contribution in [-0.4, -0.2) is 25.0 Å². The molecule has 0 fully saturated rings. The fourth-order valence-corrected chi connectivity index (χ4v) is 0.878. The highest BCUT2D eigenvalue weighted by Gasteiger charge is 2.03. The summed E-state index contributed by atoms with van der Waals surface area (Å²) in [5.41, 5.74) is 0. The molecule has 0 aromatic heterocycles. The van der Waals surface area contributed by atoms with E-state index in [0.29, 0.717) is 6.54 Å². The van der Waals surface area contributed by atoms with Crippen LogP contribution in [0.15, 0.2) is 0 Å². The van der Waals surface area contributed by atoms with Crippen molar-refractivity contribution in [2.45, 2.75) is 32.6 Å². The summed E-state index contributed by atoms with van der Waals surface area (Å²) >= 11 is 0. The first-order chi connectivity index (χ1) is 7.20. The molecule has 0 radical (unpaired) electrons. The van der Waals surface area contributed by atoms with Crippen LogP contribution in [0, 0.1) is 12.3 Å². The lowest BCUT2D eigenvalue weighted by atomic mass is 10.2. The maximum Gasteiger partial charge on any atom is 0.407 e. The van der Waals surface area contributed by atoms with Gasteiger partial charge < -0.3 is 10.1 Å². The number of terminal acetylenes is 1. The average Bonchev–Trinajstić information content (AvgIpc) is 2.18. The number of ether oxygens (including phenoxy) is 1. The van der Waals surface area contributed by atoms with Gasteiger partial charge in [0.1, 0.15) is 12.4 Å². The smallest absolute Gasteiger partial charge is 0.407 e. The lowest BCUT2D eigenvalue weighted by Crippen LogP contribution is -2.26. The summed E-state index contributed by atoms with van der Waals surface area (Å²) in [4.78, 5) is 21.9. The van der Waals surface area contributed by atoms with E-state index in [1.54, 1.807) is 0 Å². The van der Waals surface area contributed by atoms with Crippen LogP contribution in [0.1, 0.15) is 32.6 Å². The number of hydrogen-bond donors (Lipinski definition) is 1. The molecule has 0 aliphatic heterocycles. The van der Waals surface area contributed by atoms with Crippen molar-refractivity contribution in [1.82, 2.24) is 5.32 Å². The van der Waals surface area contributed by atoms with Crippen molar-refractivity contribution in [2.24, 2.45) is 0 Å². The van der Waals surface area contributed by atoms with Gasteiger partial charge in [0.2, 0.25) is 0 Å². The van der Waals surface area contributed by atoms with Gasteiger partial charge in [-0.1, -0.05) is 19.3 Å². The highest BCUT2D eigenvalue weighted by atomic mass is 16.5. The number of nitrogens with one attached hydrogen (secondary N) is 1. The largest absolute Gasteiger partial charge is 0.449 e. The summed E-state index contributed by atoms with van der Waals surface area (Å²) in [7, 11) is 0. The number of amides is 1. The van der Waals surface area contributed by atoms with Crippen molar-refractivity contribution in [3.05, 3.63) is 0 Å². The molecule has 0 atom stereocenters. The quantitative estimate of drug-likeness (QED) is 0.513. The molecule has 0 saturated carbocycles. The van der Waals surface area contributed by atoms with E-state index in [1.807, 2.05) is 6.92 Å². The van der Waals surface area contributed by atoms with Crippen molar-refractivity contribution >= 4 is 11.9 Å². The molecule has 0 unspecified atom stereocenters. The molecule has 84 valence electrons. The predicted molar refractivity (Wildman–Crippen MR) is 57.3 cm³/mol. The van der Waals surface area contributed by atoms with Gasteiger partial charge in [-0.2, -0.15) is 0 Å².